The van der Waals surface area contributed by atoms with E-state index >= 15 is 0 Å². The van der Waals surface area contributed by atoms with E-state index in [2.05, 4.69) is 4.98 Å². The minimum atomic E-state index is 0.147. The van der Waals surface area contributed by atoms with Crippen molar-refractivity contribution in [1.29, 1.82) is 0 Å². The van der Waals surface area contributed by atoms with E-state index in [1.807, 2.05) is 0 Å². The normalized spacial score (nSPS) is 10.3. The number of hydrogen-bond acceptors (Lipinski definition) is 2. The molecule has 0 saturated heterocycles. The van der Waals surface area contributed by atoms with Crippen LogP contribution < -0.4 is 0 Å². The molecule has 2 aromatic rings. The summed E-state index contributed by atoms with van der Waals surface area (Å²) in [5.74, 6) is 0. The van der Waals surface area contributed by atoms with Crippen molar-refractivity contribution < 1.29 is 4.79 Å². The van der Waals surface area contributed by atoms with Crippen molar-refractivity contribution in [2.45, 2.75) is 0 Å². The van der Waals surface area contributed by atoms with Gasteiger partial charge in [0.25, 0.3) is 0 Å². The largest absolute Gasteiger partial charge is 0.298 e. The minimum absolute atomic E-state index is 0.147. The fourth-order valence-corrected chi connectivity index (χ4v) is 1.98. The van der Waals surface area contributed by atoms with Gasteiger partial charge in [-0.2, -0.15) is 0 Å². The van der Waals surface area contributed by atoms with Crippen LogP contribution in [0.5, 0.6) is 0 Å². The minimum Gasteiger partial charge on any atom is -0.298 e. The highest BCUT2D eigenvalue weighted by Gasteiger charge is 2.10. The van der Waals surface area contributed by atoms with Crippen LogP contribution >= 0.6 is 34.8 Å². The Hall–Kier alpha value is -1.09. The van der Waals surface area contributed by atoms with Gasteiger partial charge in [-0.05, 0) is 18.2 Å². The molecule has 17 heavy (non-hydrogen) atoms. The van der Waals surface area contributed by atoms with E-state index in [1.165, 1.54) is 0 Å². The van der Waals surface area contributed by atoms with Crippen LogP contribution in [0.2, 0.25) is 15.2 Å². The lowest BCUT2D eigenvalue weighted by molar-refractivity contribution is 0.112. The van der Waals surface area contributed by atoms with Crippen LogP contribution in [0.1, 0.15) is 10.4 Å². The Morgan fingerprint density at radius 1 is 1.06 bits per heavy atom. The van der Waals surface area contributed by atoms with Crippen LogP contribution in [-0.2, 0) is 0 Å². The molecule has 0 fully saturated rings. The number of nitrogens with zero attached hydrogens (tertiary/aromatic N) is 1. The predicted octanol–water partition coefficient (Wildman–Crippen LogP) is 4.52. The smallest absolute Gasteiger partial charge is 0.153 e. The highest BCUT2D eigenvalue weighted by molar-refractivity contribution is 6.43. The number of carbonyl (C=O) groups excluding carboxylic acids is 1. The molecule has 0 amide bonds. The van der Waals surface area contributed by atoms with Gasteiger partial charge in [-0.25, -0.2) is 4.98 Å². The maximum Gasteiger partial charge on any atom is 0.153 e. The fraction of sp³-hybridized carbons (Fsp3) is 0. The summed E-state index contributed by atoms with van der Waals surface area (Å²) < 4.78 is 0. The zero-order valence-corrected chi connectivity index (χ0v) is 10.7. The SMILES string of the molecule is O=Cc1ccc(-c2cccc(Cl)c2Cl)nc1Cl. The van der Waals surface area contributed by atoms with E-state index in [-0.39, 0.29) is 5.15 Å². The molecule has 86 valence electrons. The van der Waals surface area contributed by atoms with Crippen molar-refractivity contribution in [1.82, 2.24) is 4.98 Å². The van der Waals surface area contributed by atoms with Gasteiger partial charge >= 0.3 is 0 Å². The monoisotopic (exact) mass is 285 g/mol. The summed E-state index contributed by atoms with van der Waals surface area (Å²) in [6, 6.07) is 8.51. The molecule has 1 aromatic carbocycles. The van der Waals surface area contributed by atoms with Crippen molar-refractivity contribution in [3.05, 3.63) is 51.1 Å². The van der Waals surface area contributed by atoms with Crippen molar-refractivity contribution in [2.24, 2.45) is 0 Å². The van der Waals surface area contributed by atoms with Crippen LogP contribution in [0.3, 0.4) is 0 Å². The average Bonchev–Trinajstić information content (AvgIpc) is 2.32. The van der Waals surface area contributed by atoms with Gasteiger partial charge in [-0.1, -0.05) is 46.9 Å². The molecule has 0 aliphatic carbocycles. The van der Waals surface area contributed by atoms with Crippen LogP contribution in [0.25, 0.3) is 11.3 Å². The molecule has 0 radical (unpaired) electrons. The number of rotatable bonds is 2. The zero-order chi connectivity index (χ0) is 12.4. The predicted molar refractivity (Wildman–Crippen MR) is 70.1 cm³/mol. The van der Waals surface area contributed by atoms with Crippen molar-refractivity contribution in [3.8, 4) is 11.3 Å². The Balaban J connectivity index is 2.57. The van der Waals surface area contributed by atoms with Crippen LogP contribution in [0.4, 0.5) is 0 Å². The summed E-state index contributed by atoms with van der Waals surface area (Å²) in [4.78, 5) is 14.7. The molecule has 2 rings (SSSR count). The van der Waals surface area contributed by atoms with E-state index in [4.69, 9.17) is 34.8 Å². The molecule has 0 N–H and O–H groups in total. The number of benzene rings is 1. The third kappa shape index (κ3) is 2.44. The van der Waals surface area contributed by atoms with Gasteiger partial charge in [0.1, 0.15) is 5.15 Å². The van der Waals surface area contributed by atoms with E-state index < -0.39 is 0 Å². The lowest BCUT2D eigenvalue weighted by Gasteiger charge is -2.06. The van der Waals surface area contributed by atoms with Gasteiger partial charge in [-0.3, -0.25) is 4.79 Å². The molecule has 0 bridgehead atoms. The van der Waals surface area contributed by atoms with Gasteiger partial charge in [-0.15, -0.1) is 0 Å². The van der Waals surface area contributed by atoms with Crippen LogP contribution in [-0.4, -0.2) is 11.3 Å². The van der Waals surface area contributed by atoms with Crippen LogP contribution in [0, 0.1) is 0 Å². The lowest BCUT2D eigenvalue weighted by atomic mass is 10.1. The quantitative estimate of drug-likeness (QED) is 0.600. The second-order valence-electron chi connectivity index (χ2n) is 3.30. The van der Waals surface area contributed by atoms with E-state index in [9.17, 15) is 4.79 Å². The Kier molecular flexibility index (Phi) is 3.67. The molecule has 0 aliphatic heterocycles. The summed E-state index contributed by atoms with van der Waals surface area (Å²) in [5.41, 5.74) is 1.60. The average molecular weight is 287 g/mol. The highest BCUT2D eigenvalue weighted by atomic mass is 35.5. The van der Waals surface area contributed by atoms with E-state index in [0.717, 1.165) is 0 Å². The van der Waals surface area contributed by atoms with E-state index in [0.29, 0.717) is 33.2 Å². The third-order valence-electron chi connectivity index (χ3n) is 2.23. The molecular formula is C12H6Cl3NO. The van der Waals surface area contributed by atoms with Crippen molar-refractivity contribution in [2.75, 3.05) is 0 Å². The topological polar surface area (TPSA) is 30.0 Å². The summed E-state index contributed by atoms with van der Waals surface area (Å²) in [7, 11) is 0. The van der Waals surface area contributed by atoms with Crippen LogP contribution in [0.15, 0.2) is 30.3 Å². The van der Waals surface area contributed by atoms with Crippen molar-refractivity contribution >= 4 is 41.1 Å². The number of pyridine rings is 1. The second-order valence-corrected chi connectivity index (χ2v) is 4.44. The number of aldehydes is 1. The van der Waals surface area contributed by atoms with Gasteiger partial charge in [0.15, 0.2) is 6.29 Å². The number of carbonyl (C=O) groups is 1. The standard InChI is InChI=1S/C12H6Cl3NO/c13-9-3-1-2-8(11(9)14)10-5-4-7(6-17)12(15)16-10/h1-6H. The number of hydrogen-bond donors (Lipinski definition) is 0. The summed E-state index contributed by atoms with van der Waals surface area (Å²) in [6.45, 7) is 0. The lowest BCUT2D eigenvalue weighted by Crippen LogP contribution is -1.90. The molecule has 0 atom stereocenters. The Labute approximate surface area is 113 Å². The molecule has 0 aliphatic rings. The first-order valence-corrected chi connectivity index (χ1v) is 5.83. The van der Waals surface area contributed by atoms with Gasteiger partial charge < -0.3 is 0 Å². The molecule has 0 unspecified atom stereocenters. The molecule has 2 nitrogen and oxygen atoms in total. The first-order chi connectivity index (χ1) is 8.13. The summed E-state index contributed by atoms with van der Waals surface area (Å²) in [5, 5.41) is 1.01. The van der Waals surface area contributed by atoms with Crippen molar-refractivity contribution in [3.63, 3.8) is 0 Å². The van der Waals surface area contributed by atoms with Gasteiger partial charge in [0.2, 0.25) is 0 Å². The highest BCUT2D eigenvalue weighted by Crippen LogP contribution is 2.33. The molecule has 1 aromatic heterocycles. The molecule has 5 heteroatoms. The maximum atomic E-state index is 10.6. The first-order valence-electron chi connectivity index (χ1n) is 4.69. The summed E-state index contributed by atoms with van der Waals surface area (Å²) in [6.07, 6.45) is 0.651. The maximum absolute atomic E-state index is 10.6. The Bertz CT molecular complexity index is 584. The Morgan fingerprint density at radius 3 is 2.47 bits per heavy atom. The number of halogens is 3. The third-order valence-corrected chi connectivity index (χ3v) is 3.35. The summed E-state index contributed by atoms with van der Waals surface area (Å²) >= 11 is 17.8. The number of aromatic nitrogens is 1. The molecule has 0 spiro atoms. The van der Waals surface area contributed by atoms with Gasteiger partial charge in [0.05, 0.1) is 21.3 Å². The second kappa shape index (κ2) is 5.05. The Morgan fingerprint density at radius 2 is 1.82 bits per heavy atom. The molecule has 0 saturated carbocycles. The van der Waals surface area contributed by atoms with Gasteiger partial charge in [0, 0.05) is 5.56 Å². The fourth-order valence-electron chi connectivity index (χ4n) is 1.38. The first kappa shape index (κ1) is 12.4. The van der Waals surface area contributed by atoms with E-state index in [1.54, 1.807) is 30.3 Å². The molecular weight excluding hydrogens is 280 g/mol. The zero-order valence-electron chi connectivity index (χ0n) is 8.45. The molecule has 1 heterocycles.